The molecule has 2 nitrogen and oxygen atoms in total. The molecule has 14 rings (SSSR count). The van der Waals surface area contributed by atoms with Crippen LogP contribution in [0.25, 0.3) is 99.1 Å². The van der Waals surface area contributed by atoms with E-state index in [4.69, 9.17) is 0 Å². The highest BCUT2D eigenvalue weighted by Crippen LogP contribution is 2.59. The van der Waals surface area contributed by atoms with Crippen molar-refractivity contribution in [1.29, 1.82) is 0 Å². The summed E-state index contributed by atoms with van der Waals surface area (Å²) in [7, 11) is 0. The highest BCUT2D eigenvalue weighted by atomic mass is 15.0. The van der Waals surface area contributed by atoms with E-state index in [1.54, 1.807) is 0 Å². The van der Waals surface area contributed by atoms with Crippen LogP contribution in [-0.2, 0) is 5.41 Å². The number of rotatable bonds is 6. The Balaban J connectivity index is 1.04. The zero-order valence-electron chi connectivity index (χ0n) is 36.6. The Morgan fingerprint density at radius 2 is 0.821 bits per heavy atom. The van der Waals surface area contributed by atoms with Gasteiger partial charge >= 0.3 is 0 Å². The van der Waals surface area contributed by atoms with E-state index in [1.165, 1.54) is 116 Å². The maximum absolute atomic E-state index is 2.55. The van der Waals surface area contributed by atoms with Crippen molar-refractivity contribution in [1.82, 2.24) is 9.13 Å². The van der Waals surface area contributed by atoms with Crippen LogP contribution in [-0.4, -0.2) is 9.13 Å². The molecule has 2 heteroatoms. The molecule has 13 aromatic rings. The van der Waals surface area contributed by atoms with Gasteiger partial charge in [0.25, 0.3) is 0 Å². The Morgan fingerprint density at radius 3 is 1.55 bits per heavy atom. The minimum Gasteiger partial charge on any atom is -0.309 e. The summed E-state index contributed by atoms with van der Waals surface area (Å²) >= 11 is 0. The van der Waals surface area contributed by atoms with Gasteiger partial charge < -0.3 is 9.13 Å². The summed E-state index contributed by atoms with van der Waals surface area (Å²) in [5.41, 5.74) is 19.0. The Kier molecular flexibility index (Phi) is 8.23. The molecule has 0 fully saturated rings. The molecule has 0 aliphatic heterocycles. The van der Waals surface area contributed by atoms with Gasteiger partial charge in [-0.05, 0) is 115 Å². The molecule has 0 amide bonds. The van der Waals surface area contributed by atoms with E-state index in [9.17, 15) is 0 Å². The second-order valence-electron chi connectivity index (χ2n) is 18.0. The molecule has 0 bridgehead atoms. The molecule has 0 saturated heterocycles. The van der Waals surface area contributed by atoms with Crippen molar-refractivity contribution < 1.29 is 0 Å². The topological polar surface area (TPSA) is 9.86 Å². The van der Waals surface area contributed by atoms with Gasteiger partial charge in [0.15, 0.2) is 0 Å². The molecule has 0 spiro atoms. The third-order valence-corrected chi connectivity index (χ3v) is 14.6. The predicted octanol–water partition coefficient (Wildman–Crippen LogP) is 16.7. The van der Waals surface area contributed by atoms with Crippen LogP contribution >= 0.6 is 0 Å². The van der Waals surface area contributed by atoms with Gasteiger partial charge in [0.2, 0.25) is 0 Å². The standard InChI is InChI=1S/C65H42N2/c1-4-16-43(17-5-1)45-28-33-51(34-29-45)67-62-39-32-48(47-31-38-61-57(41-47)54-25-13-15-27-60(54)66(61)52-35-30-44-18-10-11-19-46(44)40-52)42-58(62)56-37-36-55-53-24-12-14-26-59(53)65(63(55)64(56)67,49-20-6-2-7-21-49)50-22-8-3-9-23-50/h1-42H. The van der Waals surface area contributed by atoms with Crippen LogP contribution in [0.1, 0.15) is 22.3 Å². The number of aromatic nitrogens is 2. The predicted molar refractivity (Wildman–Crippen MR) is 281 cm³/mol. The average molecular weight is 851 g/mol. The van der Waals surface area contributed by atoms with E-state index >= 15 is 0 Å². The molecular formula is C65H42N2. The van der Waals surface area contributed by atoms with Gasteiger partial charge in [-0.2, -0.15) is 0 Å². The Labute approximate surface area is 388 Å². The smallest absolute Gasteiger partial charge is 0.0734 e. The molecule has 11 aromatic carbocycles. The van der Waals surface area contributed by atoms with Crippen molar-refractivity contribution in [3.63, 3.8) is 0 Å². The average Bonchev–Trinajstić information content (AvgIpc) is 4.03. The minimum absolute atomic E-state index is 0.572. The summed E-state index contributed by atoms with van der Waals surface area (Å²) in [6.45, 7) is 0. The second-order valence-corrected chi connectivity index (χ2v) is 18.0. The Morgan fingerprint density at radius 1 is 0.284 bits per heavy atom. The highest BCUT2D eigenvalue weighted by Gasteiger charge is 2.48. The first kappa shape index (κ1) is 37.6. The second kappa shape index (κ2) is 14.7. The van der Waals surface area contributed by atoms with E-state index in [-0.39, 0.29) is 0 Å². The fraction of sp³-hybridized carbons (Fsp3) is 0.0154. The van der Waals surface area contributed by atoms with E-state index in [0.29, 0.717) is 0 Å². The van der Waals surface area contributed by atoms with Crippen molar-refractivity contribution in [2.24, 2.45) is 0 Å². The molecule has 67 heavy (non-hydrogen) atoms. The largest absolute Gasteiger partial charge is 0.309 e. The molecule has 0 N–H and O–H groups in total. The van der Waals surface area contributed by atoms with Gasteiger partial charge in [0.05, 0.1) is 27.5 Å². The van der Waals surface area contributed by atoms with E-state index in [2.05, 4.69) is 264 Å². The minimum atomic E-state index is -0.572. The monoisotopic (exact) mass is 850 g/mol. The van der Waals surface area contributed by atoms with Crippen molar-refractivity contribution in [3.8, 4) is 44.8 Å². The van der Waals surface area contributed by atoms with Crippen LogP contribution in [0.5, 0.6) is 0 Å². The quantitative estimate of drug-likeness (QED) is 0.158. The number of para-hydroxylation sites is 1. The lowest BCUT2D eigenvalue weighted by atomic mass is 9.67. The fourth-order valence-electron chi connectivity index (χ4n) is 11.7. The van der Waals surface area contributed by atoms with Gasteiger partial charge in [-0.15, -0.1) is 0 Å². The molecule has 0 saturated carbocycles. The highest BCUT2D eigenvalue weighted by molar-refractivity contribution is 6.16. The summed E-state index contributed by atoms with van der Waals surface area (Å²) in [5.74, 6) is 0. The van der Waals surface area contributed by atoms with Crippen molar-refractivity contribution >= 4 is 54.4 Å². The van der Waals surface area contributed by atoms with Crippen LogP contribution in [0.4, 0.5) is 0 Å². The first-order chi connectivity index (χ1) is 33.2. The summed E-state index contributed by atoms with van der Waals surface area (Å²) in [4.78, 5) is 0. The molecule has 0 unspecified atom stereocenters. The van der Waals surface area contributed by atoms with Crippen LogP contribution in [0, 0.1) is 0 Å². The third kappa shape index (κ3) is 5.51. The Bertz CT molecular complexity index is 4020. The fourth-order valence-corrected chi connectivity index (χ4v) is 11.7. The maximum atomic E-state index is 2.55. The van der Waals surface area contributed by atoms with Crippen molar-refractivity contribution in [3.05, 3.63) is 277 Å². The van der Waals surface area contributed by atoms with Gasteiger partial charge in [-0.3, -0.25) is 0 Å². The van der Waals surface area contributed by atoms with Gasteiger partial charge in [0.1, 0.15) is 0 Å². The van der Waals surface area contributed by atoms with Crippen LogP contribution in [0.15, 0.2) is 255 Å². The van der Waals surface area contributed by atoms with Crippen molar-refractivity contribution in [2.45, 2.75) is 5.41 Å². The van der Waals surface area contributed by atoms with Crippen molar-refractivity contribution in [2.75, 3.05) is 0 Å². The summed E-state index contributed by atoms with van der Waals surface area (Å²) in [6, 6.07) is 94.5. The number of fused-ring (bicyclic) bond motifs is 11. The van der Waals surface area contributed by atoms with Crippen LogP contribution < -0.4 is 0 Å². The molecule has 1 aliphatic rings. The van der Waals surface area contributed by atoms with Crippen LogP contribution in [0.2, 0.25) is 0 Å². The lowest BCUT2D eigenvalue weighted by Gasteiger charge is -2.34. The first-order valence-electron chi connectivity index (χ1n) is 23.3. The van der Waals surface area contributed by atoms with E-state index in [0.717, 1.165) is 5.69 Å². The summed E-state index contributed by atoms with van der Waals surface area (Å²) in [5, 5.41) is 7.44. The number of nitrogens with zero attached hydrogens (tertiary/aromatic N) is 2. The molecule has 1 aliphatic carbocycles. The molecule has 2 aromatic heterocycles. The Hall–Kier alpha value is -8.72. The zero-order valence-corrected chi connectivity index (χ0v) is 36.6. The lowest BCUT2D eigenvalue weighted by molar-refractivity contribution is 0.772. The maximum Gasteiger partial charge on any atom is 0.0734 e. The number of hydrogen-bond donors (Lipinski definition) is 0. The molecule has 312 valence electrons. The molecule has 2 heterocycles. The molecular weight excluding hydrogens is 809 g/mol. The number of benzene rings is 11. The summed E-state index contributed by atoms with van der Waals surface area (Å²) in [6.07, 6.45) is 0. The lowest BCUT2D eigenvalue weighted by Crippen LogP contribution is -2.29. The normalized spacial score (nSPS) is 12.9. The van der Waals surface area contributed by atoms with Gasteiger partial charge in [-0.25, -0.2) is 0 Å². The van der Waals surface area contributed by atoms with E-state index < -0.39 is 5.41 Å². The van der Waals surface area contributed by atoms with Gasteiger partial charge in [0, 0.05) is 38.5 Å². The summed E-state index contributed by atoms with van der Waals surface area (Å²) < 4.78 is 4.97. The number of hydrogen-bond acceptors (Lipinski definition) is 0. The molecule has 0 radical (unpaired) electrons. The van der Waals surface area contributed by atoms with E-state index in [1.807, 2.05) is 0 Å². The van der Waals surface area contributed by atoms with Gasteiger partial charge in [-0.1, -0.05) is 200 Å². The SMILES string of the molecule is c1ccc(-c2ccc(-n3c4ccc(-c5ccc6c(c5)c5ccccc5n6-c5ccc6ccccc6c5)cc4c4ccc5c(c43)C(c3ccccc3)(c3ccccc3)c3ccccc3-5)cc2)cc1. The van der Waals surface area contributed by atoms with Crippen LogP contribution in [0.3, 0.4) is 0 Å². The zero-order chi connectivity index (χ0) is 44.1. The molecule has 0 atom stereocenters. The first-order valence-corrected chi connectivity index (χ1v) is 23.3. The third-order valence-electron chi connectivity index (χ3n) is 14.6.